The van der Waals surface area contributed by atoms with E-state index in [-0.39, 0.29) is 5.91 Å². The molecule has 1 N–H and O–H groups in total. The SMILES string of the molecule is O=C(CN1Cc2ccccc2C1)Nc1ccnn1C1CCCC1. The van der Waals surface area contributed by atoms with E-state index < -0.39 is 0 Å². The van der Waals surface area contributed by atoms with Crippen molar-refractivity contribution >= 4 is 11.7 Å². The van der Waals surface area contributed by atoms with Crippen molar-refractivity contribution in [2.24, 2.45) is 0 Å². The minimum Gasteiger partial charge on any atom is -0.310 e. The fourth-order valence-electron chi connectivity index (χ4n) is 3.75. The van der Waals surface area contributed by atoms with E-state index in [2.05, 4.69) is 39.6 Å². The Bertz CT molecular complexity index is 678. The third-order valence-electron chi connectivity index (χ3n) is 4.88. The maximum absolute atomic E-state index is 12.4. The lowest BCUT2D eigenvalue weighted by Crippen LogP contribution is -2.30. The standard InChI is InChI=1S/C18H22N4O/c23-18(13-21-11-14-5-1-2-6-15(14)12-21)20-17-9-10-19-22(17)16-7-3-4-8-16/h1-2,5-6,9-10,16H,3-4,7-8,11-13H2,(H,20,23). The van der Waals surface area contributed by atoms with Crippen molar-refractivity contribution in [3.05, 3.63) is 47.7 Å². The number of amides is 1. The van der Waals surface area contributed by atoms with Gasteiger partial charge in [0, 0.05) is 19.2 Å². The van der Waals surface area contributed by atoms with Crippen molar-refractivity contribution in [2.75, 3.05) is 11.9 Å². The summed E-state index contributed by atoms with van der Waals surface area (Å²) in [4.78, 5) is 14.6. The number of hydrogen-bond acceptors (Lipinski definition) is 3. The van der Waals surface area contributed by atoms with Gasteiger partial charge in [-0.1, -0.05) is 37.1 Å². The van der Waals surface area contributed by atoms with E-state index >= 15 is 0 Å². The van der Waals surface area contributed by atoms with Gasteiger partial charge in [-0.15, -0.1) is 0 Å². The lowest BCUT2D eigenvalue weighted by Gasteiger charge is -2.17. The maximum Gasteiger partial charge on any atom is 0.239 e. The number of rotatable bonds is 4. The molecule has 5 nitrogen and oxygen atoms in total. The summed E-state index contributed by atoms with van der Waals surface area (Å²) in [6.45, 7) is 2.13. The third kappa shape index (κ3) is 3.01. The molecule has 1 aromatic heterocycles. The smallest absolute Gasteiger partial charge is 0.239 e. The first kappa shape index (κ1) is 14.5. The van der Waals surface area contributed by atoms with E-state index in [9.17, 15) is 4.79 Å². The second-order valence-electron chi connectivity index (χ2n) is 6.56. The van der Waals surface area contributed by atoms with Crippen LogP contribution in [0.15, 0.2) is 36.5 Å². The number of aromatic nitrogens is 2. The van der Waals surface area contributed by atoms with Crippen LogP contribution in [0.5, 0.6) is 0 Å². The monoisotopic (exact) mass is 310 g/mol. The van der Waals surface area contributed by atoms with Crippen LogP contribution in [-0.2, 0) is 17.9 Å². The Hall–Kier alpha value is -2.14. The first-order chi connectivity index (χ1) is 11.3. The number of nitrogens with one attached hydrogen (secondary N) is 1. The molecule has 1 aliphatic carbocycles. The van der Waals surface area contributed by atoms with Crippen LogP contribution in [0.3, 0.4) is 0 Å². The highest BCUT2D eigenvalue weighted by atomic mass is 16.2. The average Bonchev–Trinajstić information content (AvgIpc) is 3.26. The van der Waals surface area contributed by atoms with Crippen LogP contribution >= 0.6 is 0 Å². The van der Waals surface area contributed by atoms with Gasteiger partial charge >= 0.3 is 0 Å². The van der Waals surface area contributed by atoms with Crippen LogP contribution in [0.1, 0.15) is 42.9 Å². The summed E-state index contributed by atoms with van der Waals surface area (Å²) in [5.41, 5.74) is 2.66. The Morgan fingerprint density at radius 2 is 1.83 bits per heavy atom. The number of nitrogens with zero attached hydrogens (tertiary/aromatic N) is 3. The highest BCUT2D eigenvalue weighted by Crippen LogP contribution is 2.31. The van der Waals surface area contributed by atoms with Crippen molar-refractivity contribution in [3.63, 3.8) is 0 Å². The van der Waals surface area contributed by atoms with Gasteiger partial charge in [0.25, 0.3) is 0 Å². The fourth-order valence-corrected chi connectivity index (χ4v) is 3.75. The first-order valence-corrected chi connectivity index (χ1v) is 8.42. The van der Waals surface area contributed by atoms with Gasteiger partial charge in [0.15, 0.2) is 0 Å². The van der Waals surface area contributed by atoms with Crippen LogP contribution in [0, 0.1) is 0 Å². The number of anilines is 1. The Kier molecular flexibility index (Phi) is 3.87. The molecule has 2 aliphatic rings. The molecule has 120 valence electrons. The predicted molar refractivity (Wildman–Crippen MR) is 88.9 cm³/mol. The van der Waals surface area contributed by atoms with Crippen LogP contribution in [-0.4, -0.2) is 27.1 Å². The molecule has 2 aromatic rings. The zero-order valence-corrected chi connectivity index (χ0v) is 13.2. The summed E-state index contributed by atoms with van der Waals surface area (Å²) in [5, 5.41) is 7.44. The van der Waals surface area contributed by atoms with E-state index in [0.717, 1.165) is 31.7 Å². The molecule has 0 saturated heterocycles. The molecule has 1 aromatic carbocycles. The number of hydrogen-bond donors (Lipinski definition) is 1. The summed E-state index contributed by atoms with van der Waals surface area (Å²) in [7, 11) is 0. The lowest BCUT2D eigenvalue weighted by molar-refractivity contribution is -0.117. The van der Waals surface area contributed by atoms with Gasteiger partial charge in [-0.05, 0) is 24.0 Å². The van der Waals surface area contributed by atoms with E-state index in [1.54, 1.807) is 6.20 Å². The van der Waals surface area contributed by atoms with Crippen molar-refractivity contribution < 1.29 is 4.79 Å². The topological polar surface area (TPSA) is 50.2 Å². The van der Waals surface area contributed by atoms with Gasteiger partial charge in [0.05, 0.1) is 18.8 Å². The van der Waals surface area contributed by atoms with Gasteiger partial charge in [-0.3, -0.25) is 9.69 Å². The molecular formula is C18H22N4O. The molecule has 0 radical (unpaired) electrons. The van der Waals surface area contributed by atoms with Crippen LogP contribution < -0.4 is 5.32 Å². The van der Waals surface area contributed by atoms with E-state index in [4.69, 9.17) is 0 Å². The van der Waals surface area contributed by atoms with Crippen molar-refractivity contribution in [1.29, 1.82) is 0 Å². The molecular weight excluding hydrogens is 288 g/mol. The summed E-state index contributed by atoms with van der Waals surface area (Å²) in [5.74, 6) is 0.871. The molecule has 0 spiro atoms. The third-order valence-corrected chi connectivity index (χ3v) is 4.88. The molecule has 0 bridgehead atoms. The Morgan fingerprint density at radius 3 is 2.52 bits per heavy atom. The zero-order valence-electron chi connectivity index (χ0n) is 13.2. The van der Waals surface area contributed by atoms with Gasteiger partial charge in [0.1, 0.15) is 5.82 Å². The largest absolute Gasteiger partial charge is 0.310 e. The molecule has 2 heterocycles. The number of fused-ring (bicyclic) bond motifs is 1. The van der Waals surface area contributed by atoms with Crippen molar-refractivity contribution in [1.82, 2.24) is 14.7 Å². The van der Waals surface area contributed by atoms with E-state index in [1.807, 2.05) is 10.7 Å². The molecule has 23 heavy (non-hydrogen) atoms. The Morgan fingerprint density at radius 1 is 1.13 bits per heavy atom. The minimum absolute atomic E-state index is 0.0394. The first-order valence-electron chi connectivity index (χ1n) is 8.42. The summed E-state index contributed by atoms with van der Waals surface area (Å²) in [6, 6.07) is 10.7. The summed E-state index contributed by atoms with van der Waals surface area (Å²) in [6.07, 6.45) is 6.60. The lowest BCUT2D eigenvalue weighted by atomic mass is 10.1. The average molecular weight is 310 g/mol. The molecule has 1 saturated carbocycles. The molecule has 0 unspecified atom stereocenters. The molecule has 1 aliphatic heterocycles. The van der Waals surface area contributed by atoms with E-state index in [0.29, 0.717) is 12.6 Å². The van der Waals surface area contributed by atoms with Crippen LogP contribution in [0.2, 0.25) is 0 Å². The van der Waals surface area contributed by atoms with Crippen molar-refractivity contribution in [3.8, 4) is 0 Å². The summed E-state index contributed by atoms with van der Waals surface area (Å²) >= 11 is 0. The normalized spacial score (nSPS) is 18.3. The van der Waals surface area contributed by atoms with Gasteiger partial charge in [0.2, 0.25) is 5.91 Å². The number of benzene rings is 1. The maximum atomic E-state index is 12.4. The predicted octanol–water partition coefficient (Wildman–Crippen LogP) is 2.95. The molecule has 1 amide bonds. The van der Waals surface area contributed by atoms with Gasteiger partial charge in [-0.25, -0.2) is 4.68 Å². The molecule has 0 atom stereocenters. The van der Waals surface area contributed by atoms with Gasteiger partial charge in [-0.2, -0.15) is 5.10 Å². The van der Waals surface area contributed by atoms with Crippen molar-refractivity contribution in [2.45, 2.75) is 44.8 Å². The number of carbonyl (C=O) groups is 1. The van der Waals surface area contributed by atoms with Crippen LogP contribution in [0.25, 0.3) is 0 Å². The minimum atomic E-state index is 0.0394. The van der Waals surface area contributed by atoms with Crippen LogP contribution in [0.4, 0.5) is 5.82 Å². The Labute approximate surface area is 136 Å². The zero-order chi connectivity index (χ0) is 15.6. The highest BCUT2D eigenvalue weighted by Gasteiger charge is 2.23. The summed E-state index contributed by atoms with van der Waals surface area (Å²) < 4.78 is 1.99. The Balaban J connectivity index is 1.37. The molecule has 1 fully saturated rings. The number of carbonyl (C=O) groups excluding carboxylic acids is 1. The molecule has 5 heteroatoms. The molecule has 4 rings (SSSR count). The quantitative estimate of drug-likeness (QED) is 0.944. The van der Waals surface area contributed by atoms with E-state index in [1.165, 1.54) is 24.0 Å². The fraction of sp³-hybridized carbons (Fsp3) is 0.444. The highest BCUT2D eigenvalue weighted by molar-refractivity contribution is 5.91. The second-order valence-corrected chi connectivity index (χ2v) is 6.56. The second kappa shape index (κ2) is 6.16. The van der Waals surface area contributed by atoms with Gasteiger partial charge < -0.3 is 5.32 Å².